The maximum Gasteiger partial charge on any atom is 0.167 e. The summed E-state index contributed by atoms with van der Waals surface area (Å²) < 4.78 is 19.8. The normalized spacial score (nSPS) is 12.1. The topological polar surface area (TPSA) is 78.1 Å². The molecule has 0 saturated carbocycles. The number of aromatic nitrogens is 3. The van der Waals surface area contributed by atoms with Gasteiger partial charge in [-0.2, -0.15) is 0 Å². The second kappa shape index (κ2) is 12.9. The number of hydrogen-bond donors (Lipinski definition) is 0. The van der Waals surface area contributed by atoms with Crippen molar-refractivity contribution in [2.45, 2.75) is 0 Å². The standard InChI is InChI=1S/C57H31N3O3/c1-2-15-35-33(13-1)34-14-3-4-16-36(34)46-31-32(29-30-37(35)46)55-58-56(44-23-12-27-49-52(44)42-18-6-8-26-48(42)61-49)60-57(59-55)45-24-10-22-43-51-39(19-11-28-50(51)63-54(43)45)41-21-9-20-40-38-17-5-7-25-47(38)62-53(40)41/h1-31H. The fourth-order valence-corrected chi connectivity index (χ4v) is 9.96. The summed E-state index contributed by atoms with van der Waals surface area (Å²) in [6, 6.07) is 65.0. The van der Waals surface area contributed by atoms with Gasteiger partial charge < -0.3 is 13.3 Å². The zero-order valence-corrected chi connectivity index (χ0v) is 33.5. The molecular weight excluding hydrogens is 775 g/mol. The van der Waals surface area contributed by atoms with Gasteiger partial charge in [-0.25, -0.2) is 15.0 Å². The van der Waals surface area contributed by atoms with Gasteiger partial charge in [0.2, 0.25) is 0 Å². The number of para-hydroxylation sites is 4. The van der Waals surface area contributed by atoms with Crippen molar-refractivity contribution in [2.75, 3.05) is 0 Å². The Bertz CT molecular complexity index is 4200. The molecule has 4 aromatic heterocycles. The maximum atomic E-state index is 6.88. The fourth-order valence-electron chi connectivity index (χ4n) is 9.96. The van der Waals surface area contributed by atoms with Crippen LogP contribution in [-0.4, -0.2) is 15.0 Å². The highest BCUT2D eigenvalue weighted by Crippen LogP contribution is 2.45. The monoisotopic (exact) mass is 805 g/mol. The van der Waals surface area contributed by atoms with Crippen LogP contribution < -0.4 is 0 Å². The molecule has 0 atom stereocenters. The van der Waals surface area contributed by atoms with Crippen LogP contribution in [0.1, 0.15) is 0 Å². The quantitative estimate of drug-likeness (QED) is 0.165. The minimum Gasteiger partial charge on any atom is -0.456 e. The van der Waals surface area contributed by atoms with E-state index in [9.17, 15) is 0 Å². The number of fused-ring (bicyclic) bond motifs is 15. The average Bonchev–Trinajstić information content (AvgIpc) is 4.05. The highest BCUT2D eigenvalue weighted by molar-refractivity contribution is 6.26. The molecule has 63 heavy (non-hydrogen) atoms. The summed E-state index contributed by atoms with van der Waals surface area (Å²) in [7, 11) is 0. The smallest absolute Gasteiger partial charge is 0.167 e. The lowest BCUT2D eigenvalue weighted by Crippen LogP contribution is -2.01. The van der Waals surface area contributed by atoms with E-state index < -0.39 is 0 Å². The summed E-state index contributed by atoms with van der Waals surface area (Å²) in [4.78, 5) is 15.9. The third-order valence-electron chi connectivity index (χ3n) is 12.7. The SMILES string of the molecule is c1ccc2c(c1)oc1c(-c3cccc4oc5c(-c6nc(-c7ccc8c9ccccc9c9ccccc9c8c7)nc(-c7cccc8oc9ccccc9c78)n6)cccc5c34)cccc12. The molecule has 0 amide bonds. The van der Waals surface area contributed by atoms with Gasteiger partial charge in [0, 0.05) is 49.0 Å². The van der Waals surface area contributed by atoms with Crippen LogP contribution in [-0.2, 0) is 0 Å². The van der Waals surface area contributed by atoms with Crippen molar-refractivity contribution in [3.63, 3.8) is 0 Å². The van der Waals surface area contributed by atoms with Gasteiger partial charge in [0.15, 0.2) is 17.5 Å². The number of benzene rings is 10. The Morgan fingerprint density at radius 2 is 0.698 bits per heavy atom. The predicted octanol–water partition coefficient (Wildman–Crippen LogP) is 15.7. The second-order valence-electron chi connectivity index (χ2n) is 16.2. The lowest BCUT2D eigenvalue weighted by molar-refractivity contribution is 0.668. The Labute approximate surface area is 358 Å². The molecule has 6 nitrogen and oxygen atoms in total. The molecule has 10 aromatic carbocycles. The summed E-state index contributed by atoms with van der Waals surface area (Å²) in [5.41, 5.74) is 9.29. The molecule has 0 radical (unpaired) electrons. The first-order valence-corrected chi connectivity index (χ1v) is 21.1. The molecule has 0 bridgehead atoms. The molecule has 6 heteroatoms. The lowest BCUT2D eigenvalue weighted by atomic mass is 9.93. The van der Waals surface area contributed by atoms with E-state index in [0.29, 0.717) is 23.1 Å². The Morgan fingerprint density at radius 3 is 1.44 bits per heavy atom. The molecule has 0 N–H and O–H groups in total. The van der Waals surface area contributed by atoms with Gasteiger partial charge in [0.25, 0.3) is 0 Å². The Morgan fingerprint density at radius 1 is 0.254 bits per heavy atom. The summed E-state index contributed by atoms with van der Waals surface area (Å²) in [6.45, 7) is 0. The van der Waals surface area contributed by atoms with Crippen LogP contribution in [0.2, 0.25) is 0 Å². The third kappa shape index (κ3) is 4.97. The van der Waals surface area contributed by atoms with Crippen LogP contribution >= 0.6 is 0 Å². The highest BCUT2D eigenvalue weighted by atomic mass is 16.3. The molecule has 0 aliphatic rings. The first kappa shape index (κ1) is 34.1. The number of rotatable bonds is 4. The van der Waals surface area contributed by atoms with E-state index in [1.54, 1.807) is 0 Å². The highest BCUT2D eigenvalue weighted by Gasteiger charge is 2.23. The molecule has 0 spiro atoms. The van der Waals surface area contributed by atoms with Gasteiger partial charge in [-0.15, -0.1) is 0 Å². The molecule has 0 fully saturated rings. The van der Waals surface area contributed by atoms with Crippen molar-refractivity contribution in [2.24, 2.45) is 0 Å². The molecule has 4 heterocycles. The van der Waals surface area contributed by atoms with Gasteiger partial charge in [0.1, 0.15) is 33.5 Å². The van der Waals surface area contributed by atoms with E-state index in [0.717, 1.165) is 93.4 Å². The van der Waals surface area contributed by atoms with E-state index in [1.807, 2.05) is 60.7 Å². The predicted molar refractivity (Wildman–Crippen MR) is 256 cm³/mol. The van der Waals surface area contributed by atoms with Gasteiger partial charge in [-0.3, -0.25) is 0 Å². The van der Waals surface area contributed by atoms with Crippen LogP contribution in [0.4, 0.5) is 0 Å². The molecule has 0 aliphatic heterocycles. The minimum absolute atomic E-state index is 0.508. The summed E-state index contributed by atoms with van der Waals surface area (Å²) in [5.74, 6) is 1.61. The number of hydrogen-bond acceptors (Lipinski definition) is 6. The van der Waals surface area contributed by atoms with Crippen molar-refractivity contribution in [3.8, 4) is 45.3 Å². The van der Waals surface area contributed by atoms with E-state index in [-0.39, 0.29) is 0 Å². The summed E-state index contributed by atoms with van der Waals surface area (Å²) in [6.07, 6.45) is 0. The van der Waals surface area contributed by atoms with Gasteiger partial charge in [-0.1, -0.05) is 152 Å². The van der Waals surface area contributed by atoms with Crippen molar-refractivity contribution in [3.05, 3.63) is 188 Å². The van der Waals surface area contributed by atoms with Crippen LogP contribution in [0.5, 0.6) is 0 Å². The van der Waals surface area contributed by atoms with Crippen LogP contribution in [0.15, 0.2) is 201 Å². The zero-order valence-electron chi connectivity index (χ0n) is 33.5. The fraction of sp³-hybridized carbons (Fsp3) is 0. The van der Waals surface area contributed by atoms with Crippen LogP contribution in [0.25, 0.3) is 143 Å². The number of nitrogens with zero attached hydrogens (tertiary/aromatic N) is 3. The van der Waals surface area contributed by atoms with Crippen molar-refractivity contribution >= 4 is 98.1 Å². The average molecular weight is 806 g/mol. The maximum absolute atomic E-state index is 6.88. The molecule has 14 rings (SSSR count). The van der Waals surface area contributed by atoms with Gasteiger partial charge in [0.05, 0.1) is 5.56 Å². The molecule has 14 aromatic rings. The molecule has 0 aliphatic carbocycles. The van der Waals surface area contributed by atoms with Crippen molar-refractivity contribution < 1.29 is 13.3 Å². The van der Waals surface area contributed by atoms with Gasteiger partial charge in [-0.05, 0) is 74.3 Å². The molecule has 292 valence electrons. The number of furan rings is 3. The minimum atomic E-state index is 0.508. The summed E-state index contributed by atoms with van der Waals surface area (Å²) >= 11 is 0. The van der Waals surface area contributed by atoms with Gasteiger partial charge >= 0.3 is 0 Å². The third-order valence-corrected chi connectivity index (χ3v) is 12.7. The first-order chi connectivity index (χ1) is 31.2. The van der Waals surface area contributed by atoms with E-state index in [2.05, 4.69) is 127 Å². The Kier molecular flexibility index (Phi) is 7.02. The van der Waals surface area contributed by atoms with Crippen molar-refractivity contribution in [1.29, 1.82) is 0 Å². The molecular formula is C57H31N3O3. The van der Waals surface area contributed by atoms with E-state index in [1.165, 1.54) is 26.9 Å². The first-order valence-electron chi connectivity index (χ1n) is 21.1. The summed E-state index contributed by atoms with van der Waals surface area (Å²) in [5, 5.41) is 13.2. The van der Waals surface area contributed by atoms with Crippen molar-refractivity contribution in [1.82, 2.24) is 15.0 Å². The Hall–Kier alpha value is -8.61. The zero-order chi connectivity index (χ0) is 41.2. The largest absolute Gasteiger partial charge is 0.456 e. The van der Waals surface area contributed by atoms with Crippen LogP contribution in [0, 0.1) is 0 Å². The van der Waals surface area contributed by atoms with Crippen LogP contribution in [0.3, 0.4) is 0 Å². The van der Waals surface area contributed by atoms with E-state index >= 15 is 0 Å². The second-order valence-corrected chi connectivity index (χ2v) is 16.2. The molecule has 0 saturated heterocycles. The molecule has 0 unspecified atom stereocenters. The van der Waals surface area contributed by atoms with E-state index in [4.69, 9.17) is 28.2 Å². The lowest BCUT2D eigenvalue weighted by Gasteiger charge is -2.13. The Balaban J connectivity index is 1.03.